The molecule has 0 unspecified atom stereocenters. The lowest BCUT2D eigenvalue weighted by Crippen LogP contribution is -2.42. The summed E-state index contributed by atoms with van der Waals surface area (Å²) in [6.07, 6.45) is 2.72. The normalized spacial score (nSPS) is 22.6. The molecule has 7 nitrogen and oxygen atoms in total. The van der Waals surface area contributed by atoms with Crippen LogP contribution in [0.4, 0.5) is 9.80 Å². The molecule has 160 valence electrons. The van der Waals surface area contributed by atoms with E-state index in [1.54, 1.807) is 31.2 Å². The molecule has 2 aliphatic rings. The summed E-state index contributed by atoms with van der Waals surface area (Å²) >= 11 is 7.32. The predicted molar refractivity (Wildman–Crippen MR) is 118 cm³/mol. The second-order valence-electron chi connectivity index (χ2n) is 8.17. The average Bonchev–Trinajstić information content (AvgIpc) is 3.17. The maximum atomic E-state index is 13.0. The van der Waals surface area contributed by atoms with E-state index < -0.39 is 29.9 Å². The summed E-state index contributed by atoms with van der Waals surface area (Å²) in [4.78, 5) is 40.2. The zero-order chi connectivity index (χ0) is 22.3. The zero-order valence-electron chi connectivity index (χ0n) is 17.1. The second kappa shape index (κ2) is 7.98. The van der Waals surface area contributed by atoms with Gasteiger partial charge >= 0.3 is 6.03 Å². The van der Waals surface area contributed by atoms with Crippen LogP contribution < -0.4 is 10.6 Å². The molecule has 0 radical (unpaired) electrons. The first-order valence-electron chi connectivity index (χ1n) is 9.97. The second-order valence-corrected chi connectivity index (χ2v) is 9.71. The SMILES string of the molecule is C[C@H]1CCc2c(sc(NC(=O)CN3C(=O)N[C@@](C)(c4ccc(Cl)cc4)C3=O)c2C#N)C1. The number of nitriles is 1. The monoisotopic (exact) mass is 456 g/mol. The van der Waals surface area contributed by atoms with E-state index in [-0.39, 0.29) is 0 Å². The van der Waals surface area contributed by atoms with Crippen LogP contribution in [0.3, 0.4) is 0 Å². The minimum atomic E-state index is -1.28. The Morgan fingerprint density at radius 1 is 1.39 bits per heavy atom. The van der Waals surface area contributed by atoms with Gasteiger partial charge in [-0.25, -0.2) is 4.79 Å². The molecular weight excluding hydrogens is 436 g/mol. The molecule has 2 aromatic rings. The van der Waals surface area contributed by atoms with Crippen molar-refractivity contribution in [2.75, 3.05) is 11.9 Å². The lowest BCUT2D eigenvalue weighted by molar-refractivity contribution is -0.133. The number of urea groups is 1. The quantitative estimate of drug-likeness (QED) is 0.683. The highest BCUT2D eigenvalue weighted by Crippen LogP contribution is 2.39. The molecule has 2 atom stereocenters. The Hall–Kier alpha value is -2.89. The lowest BCUT2D eigenvalue weighted by Gasteiger charge is -2.22. The smallest absolute Gasteiger partial charge is 0.319 e. The first-order valence-corrected chi connectivity index (χ1v) is 11.2. The fraction of sp³-hybridized carbons (Fsp3) is 0.364. The number of nitrogens with zero attached hydrogens (tertiary/aromatic N) is 2. The summed E-state index contributed by atoms with van der Waals surface area (Å²) in [7, 11) is 0. The van der Waals surface area contributed by atoms with Crippen LogP contribution in [0.2, 0.25) is 5.02 Å². The number of fused-ring (bicyclic) bond motifs is 1. The number of amides is 4. The maximum Gasteiger partial charge on any atom is 0.325 e. The highest BCUT2D eigenvalue weighted by molar-refractivity contribution is 7.16. The fourth-order valence-electron chi connectivity index (χ4n) is 4.09. The van der Waals surface area contributed by atoms with Gasteiger partial charge in [0.05, 0.1) is 5.56 Å². The molecule has 1 fully saturated rings. The maximum absolute atomic E-state index is 13.0. The van der Waals surface area contributed by atoms with E-state index in [2.05, 4.69) is 23.6 Å². The Labute approximate surface area is 189 Å². The van der Waals surface area contributed by atoms with Gasteiger partial charge in [0, 0.05) is 9.90 Å². The van der Waals surface area contributed by atoms with Gasteiger partial charge in [0.25, 0.3) is 5.91 Å². The Bertz CT molecular complexity index is 1120. The Morgan fingerprint density at radius 3 is 2.77 bits per heavy atom. The molecule has 4 amide bonds. The molecular formula is C22H21ClN4O3S. The van der Waals surface area contributed by atoms with Crippen molar-refractivity contribution in [3.05, 3.63) is 50.9 Å². The summed E-state index contributed by atoms with van der Waals surface area (Å²) in [5, 5.41) is 16.0. The number of benzene rings is 1. The van der Waals surface area contributed by atoms with E-state index in [0.717, 1.165) is 34.6 Å². The average molecular weight is 457 g/mol. The van der Waals surface area contributed by atoms with Gasteiger partial charge in [-0.1, -0.05) is 30.7 Å². The van der Waals surface area contributed by atoms with E-state index in [1.165, 1.54) is 11.3 Å². The summed E-state index contributed by atoms with van der Waals surface area (Å²) in [6, 6.07) is 8.17. The fourth-order valence-corrected chi connectivity index (χ4v) is 5.59. The molecule has 2 N–H and O–H groups in total. The number of nitrogens with one attached hydrogen (secondary N) is 2. The number of imide groups is 1. The molecule has 9 heteroatoms. The van der Waals surface area contributed by atoms with Crippen LogP contribution in [-0.4, -0.2) is 29.3 Å². The molecule has 2 heterocycles. The standard InChI is InChI=1S/C22H21ClN4O3S/c1-12-3-8-15-16(10-24)19(31-17(15)9-12)25-18(28)11-27-20(29)22(2,26-21(27)30)13-4-6-14(23)7-5-13/h4-7,12H,3,8-9,11H2,1-2H3,(H,25,28)(H,26,30)/t12-,22-/m0/s1. The summed E-state index contributed by atoms with van der Waals surface area (Å²) in [5.41, 5.74) is 0.789. The molecule has 0 bridgehead atoms. The first-order chi connectivity index (χ1) is 14.7. The summed E-state index contributed by atoms with van der Waals surface area (Å²) < 4.78 is 0. The van der Waals surface area contributed by atoms with Crippen molar-refractivity contribution < 1.29 is 14.4 Å². The van der Waals surface area contributed by atoms with Crippen molar-refractivity contribution in [3.63, 3.8) is 0 Å². The van der Waals surface area contributed by atoms with Crippen LogP contribution >= 0.6 is 22.9 Å². The largest absolute Gasteiger partial charge is 0.325 e. The topological polar surface area (TPSA) is 102 Å². The van der Waals surface area contributed by atoms with Crippen LogP contribution in [0.5, 0.6) is 0 Å². The highest BCUT2D eigenvalue weighted by atomic mass is 35.5. The molecule has 1 aromatic heterocycles. The van der Waals surface area contributed by atoms with Gasteiger partial charge < -0.3 is 10.6 Å². The van der Waals surface area contributed by atoms with Crippen LogP contribution in [0, 0.1) is 17.2 Å². The van der Waals surface area contributed by atoms with Crippen molar-refractivity contribution in [2.24, 2.45) is 5.92 Å². The van der Waals surface area contributed by atoms with E-state index in [1.807, 2.05) is 0 Å². The minimum Gasteiger partial charge on any atom is -0.319 e. The van der Waals surface area contributed by atoms with Gasteiger partial charge in [-0.2, -0.15) is 5.26 Å². The number of rotatable bonds is 4. The number of thiophene rings is 1. The van der Waals surface area contributed by atoms with Crippen molar-refractivity contribution in [2.45, 2.75) is 38.6 Å². The number of hydrogen-bond donors (Lipinski definition) is 2. The van der Waals surface area contributed by atoms with Crippen LogP contribution in [0.25, 0.3) is 0 Å². The van der Waals surface area contributed by atoms with Crippen molar-refractivity contribution in [3.8, 4) is 6.07 Å². The predicted octanol–water partition coefficient (Wildman–Crippen LogP) is 3.80. The van der Waals surface area contributed by atoms with E-state index in [0.29, 0.717) is 27.1 Å². The van der Waals surface area contributed by atoms with E-state index in [4.69, 9.17) is 11.6 Å². The Morgan fingerprint density at radius 2 is 2.10 bits per heavy atom. The van der Waals surface area contributed by atoms with Gasteiger partial charge in [0.1, 0.15) is 23.2 Å². The molecule has 1 aromatic carbocycles. The van der Waals surface area contributed by atoms with Crippen LogP contribution in [0.15, 0.2) is 24.3 Å². The van der Waals surface area contributed by atoms with Gasteiger partial charge in [-0.15, -0.1) is 11.3 Å². The number of halogens is 1. The van der Waals surface area contributed by atoms with Gasteiger partial charge in [-0.05, 0) is 55.4 Å². The summed E-state index contributed by atoms with van der Waals surface area (Å²) in [6.45, 7) is 3.33. The number of carbonyl (C=O) groups is 3. The highest BCUT2D eigenvalue weighted by Gasteiger charge is 2.49. The molecule has 0 spiro atoms. The Balaban J connectivity index is 1.51. The third-order valence-corrected chi connectivity index (χ3v) is 7.30. The molecule has 1 aliphatic heterocycles. The molecule has 1 saturated heterocycles. The number of anilines is 1. The van der Waals surface area contributed by atoms with E-state index in [9.17, 15) is 19.6 Å². The zero-order valence-corrected chi connectivity index (χ0v) is 18.7. The minimum absolute atomic E-state index is 0.433. The van der Waals surface area contributed by atoms with Crippen LogP contribution in [0.1, 0.15) is 41.8 Å². The third kappa shape index (κ3) is 3.80. The van der Waals surface area contributed by atoms with E-state index >= 15 is 0 Å². The molecule has 0 saturated carbocycles. The lowest BCUT2D eigenvalue weighted by atomic mass is 9.89. The number of hydrogen-bond acceptors (Lipinski definition) is 5. The van der Waals surface area contributed by atoms with Crippen LogP contribution in [-0.2, 0) is 28.0 Å². The van der Waals surface area contributed by atoms with Crippen molar-refractivity contribution in [1.82, 2.24) is 10.2 Å². The van der Waals surface area contributed by atoms with Crippen molar-refractivity contribution >= 4 is 45.8 Å². The molecule has 1 aliphatic carbocycles. The third-order valence-electron chi connectivity index (χ3n) is 5.87. The molecule has 4 rings (SSSR count). The Kier molecular flexibility index (Phi) is 5.50. The van der Waals surface area contributed by atoms with Crippen molar-refractivity contribution in [1.29, 1.82) is 5.26 Å². The van der Waals surface area contributed by atoms with Gasteiger partial charge in [0.15, 0.2) is 0 Å². The van der Waals surface area contributed by atoms with Gasteiger partial charge in [-0.3, -0.25) is 14.5 Å². The molecule has 31 heavy (non-hydrogen) atoms. The first kappa shape index (κ1) is 21.3. The number of carbonyl (C=O) groups excluding carboxylic acids is 3. The van der Waals surface area contributed by atoms with Gasteiger partial charge in [0.2, 0.25) is 5.91 Å². The summed E-state index contributed by atoms with van der Waals surface area (Å²) in [5.74, 6) is -0.500.